The molecule has 0 saturated carbocycles. The van der Waals surface area contributed by atoms with Gasteiger partial charge < -0.3 is 22.8 Å². The molecule has 1 aromatic rings. The minimum absolute atomic E-state index is 0. The molecular formula is C36H58N2SY-2. The Morgan fingerprint density at radius 2 is 1.88 bits per heavy atom. The number of allylic oxidation sites excluding steroid dienone is 3. The largest absolute Gasteiger partial charge is 0.788 e. The first kappa shape index (κ1) is 41.1. The number of nitrogens with zero attached hydrogens (tertiary/aromatic N) is 2. The number of unbranched alkanes of at least 4 members (excludes halogenated alkanes) is 2. The fraction of sp³-hybridized carbons (Fsp3) is 0.556. The van der Waals surface area contributed by atoms with E-state index in [1.54, 1.807) is 6.20 Å². The standard InChI is InChI=1S/C21H30N.C12H21NS.C2H4.CH4.Y/c1-5-7-8-11-18-14-17(4)21(20(15-18)22-6-2)19-12-9-10-16(3)13-19;1-5-11(8-14)6-7-12-9(2)10(3)13(12)4;1-2;;/h6,13-15,19H,2,5,7-12H2,1,3-4H3;5,9,12,14H,3,6-8H2,1-2,4H3;1-2H2;1H4;/q-1;;;;/p-1/b;11-5-;;;. The van der Waals surface area contributed by atoms with Crippen molar-refractivity contribution < 1.29 is 32.7 Å². The Morgan fingerprint density at radius 1 is 1.20 bits per heavy atom. The molecule has 1 aromatic carbocycles. The van der Waals surface area contributed by atoms with Crippen LogP contribution in [0.1, 0.15) is 109 Å². The molecule has 4 heteroatoms. The number of likely N-dealkylation sites (tertiary alicyclic amines) is 1. The van der Waals surface area contributed by atoms with Crippen molar-refractivity contribution in [3.8, 4) is 0 Å². The topological polar surface area (TPSA) is 17.3 Å². The Morgan fingerprint density at radius 3 is 2.40 bits per heavy atom. The Kier molecular flexibility index (Phi) is 23.2. The first-order chi connectivity index (χ1) is 18.3. The monoisotopic (exact) mass is 639 g/mol. The molecule has 2 aliphatic rings. The van der Waals surface area contributed by atoms with Gasteiger partial charge in [0.1, 0.15) is 0 Å². The zero-order valence-electron chi connectivity index (χ0n) is 25.9. The molecule has 223 valence electrons. The third kappa shape index (κ3) is 12.5. The van der Waals surface area contributed by atoms with Crippen LogP contribution in [0, 0.1) is 12.8 Å². The maximum atomic E-state index is 5.06. The van der Waals surface area contributed by atoms with Crippen molar-refractivity contribution in [3.05, 3.63) is 95.7 Å². The molecular weight excluding hydrogens is 581 g/mol. The second kappa shape index (κ2) is 22.6. The van der Waals surface area contributed by atoms with Gasteiger partial charge in [-0.1, -0.05) is 81.7 Å². The minimum atomic E-state index is 0. The van der Waals surface area contributed by atoms with Crippen LogP contribution in [0.25, 0.3) is 5.32 Å². The average molecular weight is 640 g/mol. The van der Waals surface area contributed by atoms with Crippen molar-refractivity contribution in [1.29, 1.82) is 0 Å². The van der Waals surface area contributed by atoms with Gasteiger partial charge in [-0.25, -0.2) is 0 Å². The quantitative estimate of drug-likeness (QED) is 0.136. The first-order valence-electron chi connectivity index (χ1n) is 14.5. The summed E-state index contributed by atoms with van der Waals surface area (Å²) in [5.74, 6) is 1.96. The van der Waals surface area contributed by atoms with Crippen LogP contribution in [-0.2, 0) is 51.8 Å². The molecule has 1 saturated heterocycles. The van der Waals surface area contributed by atoms with Gasteiger partial charge in [-0.3, -0.25) is 0 Å². The van der Waals surface area contributed by atoms with Gasteiger partial charge in [0.2, 0.25) is 0 Å². The molecule has 40 heavy (non-hydrogen) atoms. The van der Waals surface area contributed by atoms with E-state index in [1.165, 1.54) is 78.5 Å². The number of benzene rings is 1. The number of aryl methyl sites for hydroxylation is 2. The minimum Gasteiger partial charge on any atom is -0.788 e. The van der Waals surface area contributed by atoms with Crippen LogP contribution in [-0.4, -0.2) is 23.7 Å². The summed E-state index contributed by atoms with van der Waals surface area (Å²) in [6.07, 6.45) is 17.4. The van der Waals surface area contributed by atoms with Crippen LogP contribution in [0.15, 0.2) is 73.6 Å². The fourth-order valence-corrected chi connectivity index (χ4v) is 6.00. The molecule has 1 radical (unpaired) electrons. The molecule has 3 atom stereocenters. The summed E-state index contributed by atoms with van der Waals surface area (Å²) >= 11 is 5.06. The molecule has 3 unspecified atom stereocenters. The maximum Gasteiger partial charge on any atom is 0.0366 e. The fourth-order valence-electron chi connectivity index (χ4n) is 5.69. The van der Waals surface area contributed by atoms with Crippen molar-refractivity contribution in [2.75, 3.05) is 12.8 Å². The average Bonchev–Trinajstić information content (AvgIpc) is 2.92. The summed E-state index contributed by atoms with van der Waals surface area (Å²) in [4.78, 5) is 2.29. The van der Waals surface area contributed by atoms with E-state index in [0.29, 0.717) is 17.9 Å². The molecule has 1 fully saturated rings. The van der Waals surface area contributed by atoms with E-state index in [9.17, 15) is 0 Å². The molecule has 0 amide bonds. The van der Waals surface area contributed by atoms with Crippen LogP contribution in [0.3, 0.4) is 0 Å². The van der Waals surface area contributed by atoms with E-state index < -0.39 is 0 Å². The van der Waals surface area contributed by atoms with E-state index in [2.05, 4.69) is 102 Å². The Hall–Kier alpha value is -1.03. The predicted octanol–water partition coefficient (Wildman–Crippen LogP) is 11.2. The first-order valence-corrected chi connectivity index (χ1v) is 15.1. The Bertz CT molecular complexity index is 936. The Labute approximate surface area is 280 Å². The van der Waals surface area contributed by atoms with Gasteiger partial charge in [-0.2, -0.15) is 12.0 Å². The molecule has 0 aromatic heterocycles. The third-order valence-corrected chi connectivity index (χ3v) is 8.45. The molecule has 1 heterocycles. The van der Waals surface area contributed by atoms with Gasteiger partial charge in [-0.05, 0) is 76.8 Å². The van der Waals surface area contributed by atoms with E-state index in [1.807, 2.05) is 0 Å². The molecule has 0 bridgehead atoms. The normalized spacial score (nSPS) is 19.7. The summed E-state index contributed by atoms with van der Waals surface area (Å²) in [7, 11) is 2.13. The van der Waals surface area contributed by atoms with Crippen molar-refractivity contribution in [1.82, 2.24) is 4.90 Å². The molecule has 1 aliphatic carbocycles. The van der Waals surface area contributed by atoms with Gasteiger partial charge in [-0.15, -0.1) is 25.4 Å². The zero-order chi connectivity index (χ0) is 28.7. The second-order valence-corrected chi connectivity index (χ2v) is 11.0. The van der Waals surface area contributed by atoms with Crippen molar-refractivity contribution in [2.24, 2.45) is 5.92 Å². The Balaban J connectivity index is 0. The molecule has 1 aliphatic heterocycles. The van der Waals surface area contributed by atoms with E-state index in [-0.39, 0.29) is 40.1 Å². The van der Waals surface area contributed by atoms with Crippen LogP contribution < -0.4 is 0 Å². The molecule has 3 rings (SSSR count). The van der Waals surface area contributed by atoms with Gasteiger partial charge >= 0.3 is 0 Å². The maximum absolute atomic E-state index is 5.06. The van der Waals surface area contributed by atoms with Crippen molar-refractivity contribution >= 4 is 18.3 Å². The second-order valence-electron chi connectivity index (χ2n) is 10.7. The smallest absolute Gasteiger partial charge is 0.0366 e. The number of hydrogen-bond donors (Lipinski definition) is 0. The van der Waals surface area contributed by atoms with Crippen LogP contribution in [0.5, 0.6) is 0 Å². The molecule has 2 nitrogen and oxygen atoms in total. The SMILES string of the molecule is C.C=C.C=C1C(C)C(CC/C(=C/C)C[S-])N1C.C=C[N-]c1cc(CCCCC)cc(C)c1C1C=C(C)CCC1.[Y]. The van der Waals surface area contributed by atoms with Gasteiger partial charge in [0.05, 0.1) is 0 Å². The summed E-state index contributed by atoms with van der Waals surface area (Å²) in [6, 6.07) is 5.35. The van der Waals surface area contributed by atoms with Crippen LogP contribution >= 0.6 is 0 Å². The van der Waals surface area contributed by atoms with Gasteiger partial charge in [0, 0.05) is 63.3 Å². The van der Waals surface area contributed by atoms with Crippen molar-refractivity contribution in [2.45, 2.75) is 112 Å². The van der Waals surface area contributed by atoms with Crippen LogP contribution in [0.4, 0.5) is 5.69 Å². The third-order valence-electron chi connectivity index (χ3n) is 8.08. The summed E-state index contributed by atoms with van der Waals surface area (Å²) in [5.41, 5.74) is 9.56. The van der Waals surface area contributed by atoms with E-state index >= 15 is 0 Å². The summed E-state index contributed by atoms with van der Waals surface area (Å²) in [5, 5.41) is 4.59. The number of rotatable bonds is 11. The van der Waals surface area contributed by atoms with Crippen molar-refractivity contribution in [3.63, 3.8) is 0 Å². The molecule has 0 N–H and O–H groups in total. The van der Waals surface area contributed by atoms with Gasteiger partial charge in [0.15, 0.2) is 0 Å². The summed E-state index contributed by atoms with van der Waals surface area (Å²) in [6.45, 7) is 24.9. The number of hydrogen-bond acceptors (Lipinski definition) is 2. The van der Waals surface area contributed by atoms with E-state index in [4.69, 9.17) is 12.6 Å². The van der Waals surface area contributed by atoms with Crippen LogP contribution in [0.2, 0.25) is 0 Å². The van der Waals surface area contributed by atoms with E-state index in [0.717, 1.165) is 24.3 Å². The molecule has 0 spiro atoms. The zero-order valence-corrected chi connectivity index (χ0v) is 29.6. The predicted molar refractivity (Wildman–Crippen MR) is 181 cm³/mol. The van der Waals surface area contributed by atoms with Gasteiger partial charge in [0.25, 0.3) is 0 Å². The summed E-state index contributed by atoms with van der Waals surface area (Å²) < 4.78 is 0.